The second-order valence-electron chi connectivity index (χ2n) is 4.75. The van der Waals surface area contributed by atoms with Gasteiger partial charge in [-0.15, -0.1) is 4.73 Å². The largest absolute Gasteiger partial charge is 0.496 e. The Bertz CT molecular complexity index is 874. The number of hydrogen-bond donors (Lipinski definition) is 2. The van der Waals surface area contributed by atoms with Crippen molar-refractivity contribution in [2.24, 2.45) is 0 Å². The molecule has 0 bridgehead atoms. The van der Waals surface area contributed by atoms with E-state index in [1.165, 1.54) is 12.3 Å². The summed E-state index contributed by atoms with van der Waals surface area (Å²) in [5, 5.41) is 13.6. The van der Waals surface area contributed by atoms with Gasteiger partial charge in [0.25, 0.3) is 5.56 Å². The highest BCUT2D eigenvalue weighted by Gasteiger charge is 2.09. The van der Waals surface area contributed by atoms with Gasteiger partial charge >= 0.3 is 0 Å². The van der Waals surface area contributed by atoms with E-state index < -0.39 is 5.56 Å². The standard InChI is InChI=1S/C16H15N3O3/c1-22-14-7-3-2-5-11(14)10-18-13-9-15(20)19(21)16-12(13)6-4-8-17-16/h2-9,18,21H,10H2,1H3. The van der Waals surface area contributed by atoms with Crippen molar-refractivity contribution in [3.63, 3.8) is 0 Å². The number of aromatic nitrogens is 2. The maximum atomic E-state index is 11.8. The topological polar surface area (TPSA) is 76.4 Å². The van der Waals surface area contributed by atoms with E-state index in [0.717, 1.165) is 11.3 Å². The third kappa shape index (κ3) is 2.46. The SMILES string of the molecule is COc1ccccc1CNc1cc(=O)n(O)c2ncccc12. The Hall–Kier alpha value is -3.02. The van der Waals surface area contributed by atoms with Crippen LogP contribution in [0.3, 0.4) is 0 Å². The molecule has 0 radical (unpaired) electrons. The fraction of sp³-hybridized carbons (Fsp3) is 0.125. The van der Waals surface area contributed by atoms with E-state index in [9.17, 15) is 10.0 Å². The lowest BCUT2D eigenvalue weighted by atomic mass is 10.2. The lowest BCUT2D eigenvalue weighted by molar-refractivity contribution is 0.187. The van der Waals surface area contributed by atoms with Crippen LogP contribution in [0.1, 0.15) is 5.56 Å². The molecule has 0 fully saturated rings. The maximum Gasteiger partial charge on any atom is 0.286 e. The fourth-order valence-corrected chi connectivity index (χ4v) is 2.33. The van der Waals surface area contributed by atoms with Gasteiger partial charge < -0.3 is 15.3 Å². The lowest BCUT2D eigenvalue weighted by Gasteiger charge is -2.12. The summed E-state index contributed by atoms with van der Waals surface area (Å²) < 4.78 is 5.85. The molecule has 0 amide bonds. The zero-order valence-corrected chi connectivity index (χ0v) is 12.0. The summed E-state index contributed by atoms with van der Waals surface area (Å²) in [5.74, 6) is 0.771. The molecule has 0 aliphatic rings. The van der Waals surface area contributed by atoms with Crippen molar-refractivity contribution in [1.82, 2.24) is 9.71 Å². The van der Waals surface area contributed by atoms with Crippen molar-refractivity contribution in [2.75, 3.05) is 12.4 Å². The summed E-state index contributed by atoms with van der Waals surface area (Å²) >= 11 is 0. The van der Waals surface area contributed by atoms with Gasteiger partial charge in [-0.25, -0.2) is 4.98 Å². The number of ether oxygens (including phenoxy) is 1. The molecule has 2 aromatic heterocycles. The summed E-state index contributed by atoms with van der Waals surface area (Å²) in [6.07, 6.45) is 1.53. The molecule has 0 aliphatic carbocycles. The number of anilines is 1. The first-order valence-electron chi connectivity index (χ1n) is 6.76. The van der Waals surface area contributed by atoms with Gasteiger partial charge in [-0.1, -0.05) is 18.2 Å². The molecule has 0 saturated heterocycles. The molecule has 0 spiro atoms. The molecule has 3 aromatic rings. The highest BCUT2D eigenvalue weighted by molar-refractivity contribution is 5.88. The van der Waals surface area contributed by atoms with Crippen molar-refractivity contribution in [3.8, 4) is 5.75 Å². The second kappa shape index (κ2) is 5.77. The number of nitrogens with zero attached hydrogens (tertiary/aromatic N) is 2. The molecule has 0 aliphatic heterocycles. The molecule has 2 N–H and O–H groups in total. The lowest BCUT2D eigenvalue weighted by Crippen LogP contribution is -2.19. The molecule has 112 valence electrons. The molecule has 6 heteroatoms. The number of hydrogen-bond acceptors (Lipinski definition) is 5. The van der Waals surface area contributed by atoms with Gasteiger partial charge in [-0.2, -0.15) is 0 Å². The normalized spacial score (nSPS) is 10.6. The zero-order chi connectivity index (χ0) is 15.5. The van der Waals surface area contributed by atoms with E-state index in [1.807, 2.05) is 24.3 Å². The fourth-order valence-electron chi connectivity index (χ4n) is 2.33. The van der Waals surface area contributed by atoms with Gasteiger partial charge in [-0.3, -0.25) is 4.79 Å². The quantitative estimate of drug-likeness (QED) is 0.722. The molecule has 0 unspecified atom stereocenters. The van der Waals surface area contributed by atoms with Crippen molar-refractivity contribution in [1.29, 1.82) is 0 Å². The number of benzene rings is 1. The van der Waals surface area contributed by atoms with E-state index in [1.54, 1.807) is 19.2 Å². The predicted molar refractivity (Wildman–Crippen MR) is 83.5 cm³/mol. The number of para-hydroxylation sites is 1. The number of pyridine rings is 2. The second-order valence-corrected chi connectivity index (χ2v) is 4.75. The van der Waals surface area contributed by atoms with Gasteiger partial charge in [-0.05, 0) is 18.2 Å². The van der Waals surface area contributed by atoms with Gasteiger partial charge in [0, 0.05) is 29.8 Å². The average molecular weight is 297 g/mol. The Labute approximate surface area is 126 Å². The van der Waals surface area contributed by atoms with E-state index in [2.05, 4.69) is 10.3 Å². The highest BCUT2D eigenvalue weighted by atomic mass is 16.5. The summed E-state index contributed by atoms with van der Waals surface area (Å²) in [6.45, 7) is 0.489. The first-order valence-corrected chi connectivity index (χ1v) is 6.76. The van der Waals surface area contributed by atoms with Crippen LogP contribution in [0.2, 0.25) is 0 Å². The maximum absolute atomic E-state index is 11.8. The number of fused-ring (bicyclic) bond motifs is 1. The third-order valence-corrected chi connectivity index (χ3v) is 3.42. The summed E-state index contributed by atoms with van der Waals surface area (Å²) in [6, 6.07) is 12.5. The van der Waals surface area contributed by atoms with Crippen LogP contribution in [0.4, 0.5) is 5.69 Å². The van der Waals surface area contributed by atoms with Crippen molar-refractivity contribution < 1.29 is 9.94 Å². The monoisotopic (exact) mass is 297 g/mol. The number of rotatable bonds is 4. The summed E-state index contributed by atoms with van der Waals surface area (Å²) in [4.78, 5) is 15.8. The minimum absolute atomic E-state index is 0.220. The predicted octanol–water partition coefficient (Wildman–Crippen LogP) is 2.25. The Balaban J connectivity index is 1.98. The molecule has 22 heavy (non-hydrogen) atoms. The summed E-state index contributed by atoms with van der Waals surface area (Å²) in [5.41, 5.74) is 1.27. The van der Waals surface area contributed by atoms with Crippen molar-refractivity contribution in [2.45, 2.75) is 6.54 Å². The Morgan fingerprint density at radius 2 is 2.09 bits per heavy atom. The van der Waals surface area contributed by atoms with Crippen LogP contribution in [0.5, 0.6) is 5.75 Å². The van der Waals surface area contributed by atoms with Crippen LogP contribution in [0.25, 0.3) is 11.0 Å². The molecule has 2 heterocycles. The molecule has 0 atom stereocenters. The van der Waals surface area contributed by atoms with E-state index in [0.29, 0.717) is 22.3 Å². The van der Waals surface area contributed by atoms with Crippen LogP contribution in [-0.2, 0) is 6.54 Å². The highest BCUT2D eigenvalue weighted by Crippen LogP contribution is 2.22. The van der Waals surface area contributed by atoms with Crippen molar-refractivity contribution in [3.05, 3.63) is 64.6 Å². The Kier molecular flexibility index (Phi) is 3.65. The molecule has 1 aromatic carbocycles. The van der Waals surface area contributed by atoms with Gasteiger partial charge in [0.15, 0.2) is 5.65 Å². The third-order valence-electron chi connectivity index (χ3n) is 3.42. The first-order chi connectivity index (χ1) is 10.7. The Morgan fingerprint density at radius 3 is 2.91 bits per heavy atom. The van der Waals surface area contributed by atoms with E-state index in [4.69, 9.17) is 4.74 Å². The van der Waals surface area contributed by atoms with E-state index >= 15 is 0 Å². The number of nitrogens with one attached hydrogen (secondary N) is 1. The van der Waals surface area contributed by atoms with E-state index in [-0.39, 0.29) is 5.65 Å². The minimum Gasteiger partial charge on any atom is -0.496 e. The molecule has 6 nitrogen and oxygen atoms in total. The summed E-state index contributed by atoms with van der Waals surface area (Å²) in [7, 11) is 1.62. The molecule has 3 rings (SSSR count). The van der Waals surface area contributed by atoms with Crippen LogP contribution in [-0.4, -0.2) is 22.0 Å². The van der Waals surface area contributed by atoms with Crippen LogP contribution >= 0.6 is 0 Å². The molecular formula is C16H15N3O3. The molecule has 0 saturated carbocycles. The van der Waals surface area contributed by atoms with Gasteiger partial charge in [0.05, 0.1) is 12.8 Å². The van der Waals surface area contributed by atoms with Gasteiger partial charge in [0.1, 0.15) is 5.75 Å². The van der Waals surface area contributed by atoms with Gasteiger partial charge in [0.2, 0.25) is 0 Å². The molecular weight excluding hydrogens is 282 g/mol. The minimum atomic E-state index is -0.534. The van der Waals surface area contributed by atoms with Crippen LogP contribution < -0.4 is 15.6 Å². The number of methoxy groups -OCH3 is 1. The van der Waals surface area contributed by atoms with Crippen LogP contribution in [0, 0.1) is 0 Å². The first kappa shape index (κ1) is 13.9. The smallest absolute Gasteiger partial charge is 0.286 e. The van der Waals surface area contributed by atoms with Crippen molar-refractivity contribution >= 4 is 16.7 Å². The van der Waals surface area contributed by atoms with Crippen LogP contribution in [0.15, 0.2) is 53.5 Å². The zero-order valence-electron chi connectivity index (χ0n) is 12.0. The average Bonchev–Trinajstić information content (AvgIpc) is 2.57. The Morgan fingerprint density at radius 1 is 1.27 bits per heavy atom.